The molecule has 0 saturated heterocycles. The molecule has 1 N–H and O–H groups in total. The van der Waals surface area contributed by atoms with Crippen LogP contribution < -0.4 is 5.43 Å². The molecule has 0 radical (unpaired) electrons. The van der Waals surface area contributed by atoms with Gasteiger partial charge in [0.1, 0.15) is 0 Å². The molecule has 0 bridgehead atoms. The van der Waals surface area contributed by atoms with Crippen molar-refractivity contribution in [3.05, 3.63) is 75.8 Å². The highest BCUT2D eigenvalue weighted by Gasteiger charge is 2.09. The topological polar surface area (TPSA) is 84.6 Å². The van der Waals surface area contributed by atoms with Crippen molar-refractivity contribution >= 4 is 17.3 Å². The van der Waals surface area contributed by atoms with Crippen LogP contribution in [0.5, 0.6) is 0 Å². The average Bonchev–Trinajstić information content (AvgIpc) is 2.59. The summed E-state index contributed by atoms with van der Waals surface area (Å²) in [7, 11) is 0. The minimum absolute atomic E-state index is 0.00507. The SMILES string of the molecule is CC(C)C/C(=N/NC(=O)Cc1ccc([N+](=O)[O-])cc1)c1ccccc1. The van der Waals surface area contributed by atoms with Crippen LogP contribution in [0.3, 0.4) is 0 Å². The van der Waals surface area contributed by atoms with E-state index < -0.39 is 4.92 Å². The van der Waals surface area contributed by atoms with Crippen LogP contribution in [0.1, 0.15) is 31.4 Å². The summed E-state index contributed by atoms with van der Waals surface area (Å²) in [4.78, 5) is 22.3. The third-order valence-corrected chi connectivity index (χ3v) is 3.54. The van der Waals surface area contributed by atoms with Gasteiger partial charge in [-0.15, -0.1) is 0 Å². The fraction of sp³-hybridized carbons (Fsp3) is 0.263. The summed E-state index contributed by atoms with van der Waals surface area (Å²) >= 11 is 0. The van der Waals surface area contributed by atoms with E-state index in [1.807, 2.05) is 30.3 Å². The summed E-state index contributed by atoms with van der Waals surface area (Å²) in [5.41, 5.74) is 5.10. The number of rotatable bonds is 7. The Labute approximate surface area is 146 Å². The van der Waals surface area contributed by atoms with Gasteiger partial charge < -0.3 is 0 Å². The van der Waals surface area contributed by atoms with E-state index in [1.165, 1.54) is 12.1 Å². The van der Waals surface area contributed by atoms with Crippen LogP contribution in [0.25, 0.3) is 0 Å². The summed E-state index contributed by atoms with van der Waals surface area (Å²) < 4.78 is 0. The number of carbonyl (C=O) groups is 1. The van der Waals surface area contributed by atoms with Crippen molar-refractivity contribution < 1.29 is 9.72 Å². The van der Waals surface area contributed by atoms with Crippen LogP contribution >= 0.6 is 0 Å². The van der Waals surface area contributed by atoms with Gasteiger partial charge in [0.05, 0.1) is 17.1 Å². The van der Waals surface area contributed by atoms with E-state index in [1.54, 1.807) is 12.1 Å². The summed E-state index contributed by atoms with van der Waals surface area (Å²) in [6, 6.07) is 15.7. The molecule has 25 heavy (non-hydrogen) atoms. The second kappa shape index (κ2) is 8.73. The monoisotopic (exact) mass is 339 g/mol. The number of hydrazone groups is 1. The molecule has 0 aliphatic heterocycles. The molecular formula is C19H21N3O3. The Kier molecular flexibility index (Phi) is 6.39. The van der Waals surface area contributed by atoms with Crippen molar-refractivity contribution in [2.24, 2.45) is 11.0 Å². The number of hydrogen-bond acceptors (Lipinski definition) is 4. The zero-order chi connectivity index (χ0) is 18.2. The fourth-order valence-corrected chi connectivity index (χ4v) is 2.34. The summed E-state index contributed by atoms with van der Waals surface area (Å²) in [6.07, 6.45) is 0.868. The molecule has 0 aromatic heterocycles. The average molecular weight is 339 g/mol. The molecular weight excluding hydrogens is 318 g/mol. The molecule has 1 amide bonds. The van der Waals surface area contributed by atoms with Crippen LogP contribution in [0, 0.1) is 16.0 Å². The summed E-state index contributed by atoms with van der Waals surface area (Å²) in [5.74, 6) is 0.150. The van der Waals surface area contributed by atoms with Crippen LogP contribution in [0.15, 0.2) is 59.7 Å². The minimum Gasteiger partial charge on any atom is -0.273 e. The van der Waals surface area contributed by atoms with Crippen molar-refractivity contribution in [2.75, 3.05) is 0 Å². The maximum atomic E-state index is 12.1. The molecule has 0 atom stereocenters. The van der Waals surface area contributed by atoms with Crippen LogP contribution in [-0.4, -0.2) is 16.5 Å². The number of nitrogens with zero attached hydrogens (tertiary/aromatic N) is 2. The Morgan fingerprint density at radius 1 is 1.12 bits per heavy atom. The maximum Gasteiger partial charge on any atom is 0.269 e. The number of hydrogen-bond donors (Lipinski definition) is 1. The third kappa shape index (κ3) is 5.84. The Morgan fingerprint density at radius 3 is 2.32 bits per heavy atom. The van der Waals surface area contributed by atoms with Crippen molar-refractivity contribution in [2.45, 2.75) is 26.7 Å². The molecule has 6 nitrogen and oxygen atoms in total. The van der Waals surface area contributed by atoms with Crippen molar-refractivity contribution in [1.29, 1.82) is 0 Å². The first-order chi connectivity index (χ1) is 12.0. The Bertz CT molecular complexity index is 753. The summed E-state index contributed by atoms with van der Waals surface area (Å²) in [5, 5.41) is 14.9. The van der Waals surface area contributed by atoms with E-state index in [4.69, 9.17) is 0 Å². The quantitative estimate of drug-likeness (QED) is 0.474. The molecule has 130 valence electrons. The predicted octanol–water partition coefficient (Wildman–Crippen LogP) is 3.70. The third-order valence-electron chi connectivity index (χ3n) is 3.54. The van der Waals surface area contributed by atoms with E-state index in [0.29, 0.717) is 11.5 Å². The first-order valence-electron chi connectivity index (χ1n) is 8.10. The second-order valence-electron chi connectivity index (χ2n) is 6.16. The van der Waals surface area contributed by atoms with Gasteiger partial charge in [-0.3, -0.25) is 14.9 Å². The smallest absolute Gasteiger partial charge is 0.269 e. The number of benzene rings is 2. The van der Waals surface area contributed by atoms with E-state index in [-0.39, 0.29) is 18.0 Å². The highest BCUT2D eigenvalue weighted by atomic mass is 16.6. The van der Waals surface area contributed by atoms with E-state index >= 15 is 0 Å². The van der Waals surface area contributed by atoms with Crippen LogP contribution in [-0.2, 0) is 11.2 Å². The second-order valence-corrected chi connectivity index (χ2v) is 6.16. The molecule has 2 aromatic rings. The first kappa shape index (κ1) is 18.3. The van der Waals surface area contributed by atoms with Gasteiger partial charge in [0, 0.05) is 12.1 Å². The highest BCUT2D eigenvalue weighted by Crippen LogP contribution is 2.13. The maximum absolute atomic E-state index is 12.1. The Balaban J connectivity index is 2.04. The molecule has 0 heterocycles. The fourth-order valence-electron chi connectivity index (χ4n) is 2.34. The predicted molar refractivity (Wildman–Crippen MR) is 97.4 cm³/mol. The molecule has 2 rings (SSSR count). The van der Waals surface area contributed by atoms with E-state index in [2.05, 4.69) is 24.4 Å². The largest absolute Gasteiger partial charge is 0.273 e. The number of non-ortho nitro benzene ring substituents is 1. The minimum atomic E-state index is -0.466. The van der Waals surface area contributed by atoms with Gasteiger partial charge in [-0.2, -0.15) is 5.10 Å². The zero-order valence-electron chi connectivity index (χ0n) is 14.3. The van der Waals surface area contributed by atoms with Crippen LogP contribution in [0.2, 0.25) is 0 Å². The van der Waals surface area contributed by atoms with Crippen molar-refractivity contribution in [3.8, 4) is 0 Å². The zero-order valence-corrected chi connectivity index (χ0v) is 14.3. The number of nitro benzene ring substituents is 1. The number of nitrogens with one attached hydrogen (secondary N) is 1. The Hall–Kier alpha value is -3.02. The molecule has 6 heteroatoms. The lowest BCUT2D eigenvalue weighted by Crippen LogP contribution is -2.22. The van der Waals surface area contributed by atoms with E-state index in [0.717, 1.165) is 17.7 Å². The van der Waals surface area contributed by atoms with Gasteiger partial charge in [0.25, 0.3) is 5.69 Å². The van der Waals surface area contributed by atoms with Gasteiger partial charge >= 0.3 is 0 Å². The van der Waals surface area contributed by atoms with Crippen molar-refractivity contribution in [3.63, 3.8) is 0 Å². The Morgan fingerprint density at radius 2 is 1.76 bits per heavy atom. The molecule has 0 spiro atoms. The normalized spacial score (nSPS) is 11.4. The highest BCUT2D eigenvalue weighted by molar-refractivity contribution is 6.01. The molecule has 0 aliphatic rings. The lowest BCUT2D eigenvalue weighted by molar-refractivity contribution is -0.384. The molecule has 2 aromatic carbocycles. The number of amides is 1. The molecule has 0 fully saturated rings. The molecule has 0 aliphatic carbocycles. The van der Waals surface area contributed by atoms with E-state index in [9.17, 15) is 14.9 Å². The van der Waals surface area contributed by atoms with Gasteiger partial charge in [0.15, 0.2) is 0 Å². The lowest BCUT2D eigenvalue weighted by atomic mass is 10.0. The van der Waals surface area contributed by atoms with Crippen LogP contribution in [0.4, 0.5) is 5.69 Å². The standard InChI is InChI=1S/C19H21N3O3/c1-14(2)12-18(16-6-4-3-5-7-16)20-21-19(23)13-15-8-10-17(11-9-15)22(24)25/h3-11,14H,12-13H2,1-2H3,(H,21,23)/b20-18-. The van der Waals surface area contributed by atoms with Gasteiger partial charge in [0.2, 0.25) is 5.91 Å². The lowest BCUT2D eigenvalue weighted by Gasteiger charge is -2.10. The first-order valence-corrected chi connectivity index (χ1v) is 8.10. The number of carbonyl (C=O) groups excluding carboxylic acids is 1. The van der Waals surface area contributed by atoms with Gasteiger partial charge in [-0.1, -0.05) is 56.3 Å². The number of nitro groups is 1. The van der Waals surface area contributed by atoms with Gasteiger partial charge in [-0.25, -0.2) is 5.43 Å². The summed E-state index contributed by atoms with van der Waals surface area (Å²) in [6.45, 7) is 4.19. The molecule has 0 saturated carbocycles. The molecule has 0 unspecified atom stereocenters. The van der Waals surface area contributed by atoms with Crippen molar-refractivity contribution in [1.82, 2.24) is 5.43 Å². The van der Waals surface area contributed by atoms with Gasteiger partial charge in [-0.05, 0) is 23.5 Å².